The van der Waals surface area contributed by atoms with E-state index in [1.807, 2.05) is 32.0 Å². The Labute approximate surface area is 114 Å². The Morgan fingerprint density at radius 3 is 2.67 bits per heavy atom. The average molecular weight is 272 g/mol. The maximum atomic E-state index is 10.3. The molecule has 2 unspecified atom stereocenters. The van der Waals surface area contributed by atoms with Crippen molar-refractivity contribution in [2.75, 3.05) is 13.2 Å². The second kappa shape index (κ2) is 7.74. The predicted molar refractivity (Wildman–Crippen MR) is 74.9 cm³/mol. The van der Waals surface area contributed by atoms with Gasteiger partial charge in [-0.1, -0.05) is 30.7 Å². The molecule has 4 heteroatoms. The van der Waals surface area contributed by atoms with Gasteiger partial charge in [0.1, 0.15) is 0 Å². The highest BCUT2D eigenvalue weighted by Gasteiger charge is 2.18. The first-order chi connectivity index (χ1) is 8.60. The Hall–Kier alpha value is -0.610. The molecule has 0 heterocycles. The third-order valence-corrected chi connectivity index (χ3v) is 3.51. The molecule has 18 heavy (non-hydrogen) atoms. The highest BCUT2D eigenvalue weighted by Crippen LogP contribution is 2.23. The molecule has 0 saturated heterocycles. The number of aliphatic hydroxyl groups is 2. The van der Waals surface area contributed by atoms with E-state index in [9.17, 15) is 5.11 Å². The normalized spacial score (nSPS) is 14.5. The van der Waals surface area contributed by atoms with Crippen molar-refractivity contribution in [1.29, 1.82) is 0 Å². The van der Waals surface area contributed by atoms with Gasteiger partial charge in [-0.25, -0.2) is 0 Å². The van der Waals surface area contributed by atoms with Gasteiger partial charge in [0, 0.05) is 17.7 Å². The lowest BCUT2D eigenvalue weighted by Crippen LogP contribution is -2.35. The summed E-state index contributed by atoms with van der Waals surface area (Å²) in [6, 6.07) is 5.59. The molecule has 0 aliphatic heterocycles. The summed E-state index contributed by atoms with van der Waals surface area (Å²) in [6.07, 6.45) is 0.974. The van der Waals surface area contributed by atoms with Crippen LogP contribution in [0.15, 0.2) is 18.2 Å². The van der Waals surface area contributed by atoms with E-state index < -0.39 is 6.10 Å². The molecule has 1 rings (SSSR count). The van der Waals surface area contributed by atoms with E-state index in [1.54, 1.807) is 0 Å². The third kappa shape index (κ3) is 4.25. The fourth-order valence-electron chi connectivity index (χ4n) is 1.93. The maximum absolute atomic E-state index is 10.3. The van der Waals surface area contributed by atoms with Crippen LogP contribution in [0.2, 0.25) is 5.02 Å². The molecule has 3 N–H and O–H groups in total. The van der Waals surface area contributed by atoms with Crippen molar-refractivity contribution in [3.8, 4) is 0 Å². The molecule has 0 spiro atoms. The minimum absolute atomic E-state index is 0.00266. The second-order valence-electron chi connectivity index (χ2n) is 4.50. The van der Waals surface area contributed by atoms with Gasteiger partial charge in [-0.05, 0) is 43.5 Å². The zero-order valence-corrected chi connectivity index (χ0v) is 11.7. The van der Waals surface area contributed by atoms with E-state index in [1.165, 1.54) is 0 Å². The monoisotopic (exact) mass is 271 g/mol. The summed E-state index contributed by atoms with van der Waals surface area (Å²) < 4.78 is 0. The van der Waals surface area contributed by atoms with Crippen LogP contribution in [0.5, 0.6) is 0 Å². The van der Waals surface area contributed by atoms with E-state index in [2.05, 4.69) is 5.32 Å². The summed E-state index contributed by atoms with van der Waals surface area (Å²) in [6.45, 7) is 4.83. The van der Waals surface area contributed by atoms with E-state index >= 15 is 0 Å². The Morgan fingerprint density at radius 2 is 2.11 bits per heavy atom. The summed E-state index contributed by atoms with van der Waals surface area (Å²) in [5, 5.41) is 23.1. The summed E-state index contributed by atoms with van der Waals surface area (Å²) in [5.74, 6) is 0. The van der Waals surface area contributed by atoms with Crippen LogP contribution in [0.1, 0.15) is 37.0 Å². The van der Waals surface area contributed by atoms with Crippen molar-refractivity contribution in [2.45, 2.75) is 38.8 Å². The number of hydrogen-bond donors (Lipinski definition) is 3. The Morgan fingerprint density at radius 1 is 1.39 bits per heavy atom. The largest absolute Gasteiger partial charge is 0.396 e. The molecular formula is C14H22ClNO2. The van der Waals surface area contributed by atoms with Gasteiger partial charge in [0.25, 0.3) is 0 Å². The van der Waals surface area contributed by atoms with E-state index in [0.717, 1.165) is 17.5 Å². The molecule has 0 aromatic heterocycles. The molecular weight excluding hydrogens is 250 g/mol. The highest BCUT2D eigenvalue weighted by atomic mass is 35.5. The molecule has 0 saturated carbocycles. The van der Waals surface area contributed by atoms with Crippen molar-refractivity contribution in [2.24, 2.45) is 0 Å². The van der Waals surface area contributed by atoms with Gasteiger partial charge in [-0.2, -0.15) is 0 Å². The van der Waals surface area contributed by atoms with Crippen molar-refractivity contribution in [1.82, 2.24) is 5.32 Å². The zero-order valence-electron chi connectivity index (χ0n) is 11.0. The van der Waals surface area contributed by atoms with Crippen LogP contribution in [-0.2, 0) is 0 Å². The van der Waals surface area contributed by atoms with Crippen LogP contribution in [0.3, 0.4) is 0 Å². The molecule has 102 valence electrons. The number of rotatable bonds is 7. The standard InChI is InChI=1S/C14H22ClNO2/c1-3-13(16-7-4-8-17)14(18)11-5-6-12(15)10(2)9-11/h5-6,9,13-14,16-18H,3-4,7-8H2,1-2H3. The van der Waals surface area contributed by atoms with Crippen LogP contribution >= 0.6 is 11.6 Å². The Bertz CT molecular complexity index is 371. The Kier molecular flexibility index (Phi) is 6.65. The van der Waals surface area contributed by atoms with Gasteiger partial charge in [-0.3, -0.25) is 0 Å². The van der Waals surface area contributed by atoms with E-state index in [0.29, 0.717) is 18.0 Å². The fourth-order valence-corrected chi connectivity index (χ4v) is 2.05. The number of benzene rings is 1. The SMILES string of the molecule is CCC(NCCCO)C(O)c1ccc(Cl)c(C)c1. The van der Waals surface area contributed by atoms with Crippen molar-refractivity contribution < 1.29 is 10.2 Å². The van der Waals surface area contributed by atoms with Gasteiger partial charge in [0.15, 0.2) is 0 Å². The lowest BCUT2D eigenvalue weighted by atomic mass is 9.98. The zero-order chi connectivity index (χ0) is 13.5. The van der Waals surface area contributed by atoms with Gasteiger partial charge in [0.2, 0.25) is 0 Å². The van der Waals surface area contributed by atoms with Gasteiger partial charge >= 0.3 is 0 Å². The first-order valence-corrected chi connectivity index (χ1v) is 6.76. The molecule has 1 aromatic carbocycles. The van der Waals surface area contributed by atoms with Crippen molar-refractivity contribution >= 4 is 11.6 Å². The third-order valence-electron chi connectivity index (χ3n) is 3.09. The minimum atomic E-state index is -0.551. The molecule has 1 aromatic rings. The maximum Gasteiger partial charge on any atom is 0.0942 e. The molecule has 3 nitrogen and oxygen atoms in total. The lowest BCUT2D eigenvalue weighted by molar-refractivity contribution is 0.124. The molecule has 0 radical (unpaired) electrons. The van der Waals surface area contributed by atoms with Crippen LogP contribution in [0, 0.1) is 6.92 Å². The van der Waals surface area contributed by atoms with Gasteiger partial charge in [0.05, 0.1) is 6.10 Å². The summed E-state index contributed by atoms with van der Waals surface area (Å²) in [5.41, 5.74) is 1.85. The van der Waals surface area contributed by atoms with Gasteiger partial charge in [-0.15, -0.1) is 0 Å². The van der Waals surface area contributed by atoms with E-state index in [4.69, 9.17) is 16.7 Å². The summed E-state index contributed by atoms with van der Waals surface area (Å²) in [4.78, 5) is 0. The topological polar surface area (TPSA) is 52.5 Å². The second-order valence-corrected chi connectivity index (χ2v) is 4.91. The van der Waals surface area contributed by atoms with Crippen molar-refractivity contribution in [3.63, 3.8) is 0 Å². The average Bonchev–Trinajstić information content (AvgIpc) is 2.37. The number of hydrogen-bond acceptors (Lipinski definition) is 3. The number of halogens is 1. The Balaban J connectivity index is 2.69. The van der Waals surface area contributed by atoms with Gasteiger partial charge < -0.3 is 15.5 Å². The smallest absolute Gasteiger partial charge is 0.0942 e. The minimum Gasteiger partial charge on any atom is -0.396 e. The first-order valence-electron chi connectivity index (χ1n) is 6.38. The lowest BCUT2D eigenvalue weighted by Gasteiger charge is -2.23. The van der Waals surface area contributed by atoms with Crippen LogP contribution in [0.25, 0.3) is 0 Å². The highest BCUT2D eigenvalue weighted by molar-refractivity contribution is 6.31. The fraction of sp³-hybridized carbons (Fsp3) is 0.571. The number of aryl methyl sites for hydroxylation is 1. The number of nitrogens with one attached hydrogen (secondary N) is 1. The molecule has 0 aliphatic carbocycles. The molecule has 2 atom stereocenters. The molecule has 0 fully saturated rings. The van der Waals surface area contributed by atoms with E-state index in [-0.39, 0.29) is 12.6 Å². The van der Waals surface area contributed by atoms with Crippen LogP contribution in [-0.4, -0.2) is 29.4 Å². The molecule has 0 bridgehead atoms. The summed E-state index contributed by atoms with van der Waals surface area (Å²) >= 11 is 5.98. The van der Waals surface area contributed by atoms with Crippen molar-refractivity contribution in [3.05, 3.63) is 34.3 Å². The number of aliphatic hydroxyl groups excluding tert-OH is 2. The first kappa shape index (κ1) is 15.4. The van der Waals surface area contributed by atoms with Crippen LogP contribution < -0.4 is 5.32 Å². The quantitative estimate of drug-likeness (QED) is 0.668. The summed E-state index contributed by atoms with van der Waals surface area (Å²) in [7, 11) is 0. The molecule has 0 amide bonds. The predicted octanol–water partition coefficient (Wildman–Crippen LogP) is 2.43. The van der Waals surface area contributed by atoms with Crippen LogP contribution in [0.4, 0.5) is 0 Å². The molecule has 0 aliphatic rings.